The molecule has 0 spiro atoms. The minimum Gasteiger partial charge on any atom is -0.487 e. The summed E-state index contributed by atoms with van der Waals surface area (Å²) in [4.78, 5) is 21.2. The molecule has 3 aromatic carbocycles. The normalized spacial score (nSPS) is 10.9. The fraction of sp³-hybridized carbons (Fsp3) is 0.0435. The van der Waals surface area contributed by atoms with E-state index in [1.807, 2.05) is 0 Å². The number of halogens is 1. The third-order valence-corrected chi connectivity index (χ3v) is 4.67. The minimum atomic E-state index is -0.996. The predicted molar refractivity (Wildman–Crippen MR) is 116 cm³/mol. The Hall–Kier alpha value is -4.15. The number of nitro benzene ring substituents is 1. The van der Waals surface area contributed by atoms with Gasteiger partial charge in [0.05, 0.1) is 27.2 Å². The van der Waals surface area contributed by atoms with Crippen molar-refractivity contribution in [3.8, 4) is 11.8 Å². The SMILES string of the molecule is N#C/C(=C\c1ccc(OCc2ccc(C(=O)O)cc2)c(Cl)c1)c1ccc([N+](=O)[O-])cc1. The number of rotatable bonds is 7. The number of carbonyl (C=O) groups is 1. The number of aromatic carboxylic acids is 1. The number of non-ortho nitro benzene ring substituents is 1. The van der Waals surface area contributed by atoms with Gasteiger partial charge in [0.1, 0.15) is 12.4 Å². The summed E-state index contributed by atoms with van der Waals surface area (Å²) in [6.45, 7) is 0.209. The number of nitriles is 1. The molecule has 3 rings (SSSR count). The third-order valence-electron chi connectivity index (χ3n) is 4.37. The molecule has 1 N–H and O–H groups in total. The van der Waals surface area contributed by atoms with Gasteiger partial charge in [-0.3, -0.25) is 10.1 Å². The molecule has 0 aromatic heterocycles. The number of carboxylic acids is 1. The van der Waals surface area contributed by atoms with Crippen LogP contribution in [0.5, 0.6) is 5.75 Å². The van der Waals surface area contributed by atoms with Crippen molar-refractivity contribution in [2.75, 3.05) is 0 Å². The second kappa shape index (κ2) is 9.57. The van der Waals surface area contributed by atoms with Crippen LogP contribution < -0.4 is 4.74 Å². The molecule has 0 amide bonds. The van der Waals surface area contributed by atoms with Gasteiger partial charge in [0, 0.05) is 12.1 Å². The van der Waals surface area contributed by atoms with Crippen LogP contribution in [0.15, 0.2) is 66.7 Å². The maximum Gasteiger partial charge on any atom is 0.335 e. The lowest BCUT2D eigenvalue weighted by molar-refractivity contribution is -0.384. The van der Waals surface area contributed by atoms with Gasteiger partial charge in [-0.15, -0.1) is 0 Å². The number of carboxylic acid groups (broad SMARTS) is 1. The molecule has 7 nitrogen and oxygen atoms in total. The number of benzene rings is 3. The highest BCUT2D eigenvalue weighted by molar-refractivity contribution is 6.32. The molecule has 154 valence electrons. The van der Waals surface area contributed by atoms with Gasteiger partial charge >= 0.3 is 5.97 Å². The van der Waals surface area contributed by atoms with E-state index in [2.05, 4.69) is 6.07 Å². The average molecular weight is 435 g/mol. The van der Waals surface area contributed by atoms with Crippen LogP contribution in [0.2, 0.25) is 5.02 Å². The summed E-state index contributed by atoms with van der Waals surface area (Å²) in [6, 6.07) is 19.2. The minimum absolute atomic E-state index is 0.0526. The van der Waals surface area contributed by atoms with Gasteiger partial charge in [-0.1, -0.05) is 29.8 Å². The number of allylic oxidation sites excluding steroid dienone is 1. The molecule has 0 aliphatic rings. The summed E-state index contributed by atoms with van der Waals surface area (Å²) in [5.74, 6) is -0.556. The summed E-state index contributed by atoms with van der Waals surface area (Å²) < 4.78 is 5.70. The number of hydrogen-bond donors (Lipinski definition) is 1. The van der Waals surface area contributed by atoms with Crippen molar-refractivity contribution >= 4 is 34.9 Å². The summed E-state index contributed by atoms with van der Waals surface area (Å²) in [6.07, 6.45) is 1.63. The quantitative estimate of drug-likeness (QED) is 0.224. The molecule has 0 aliphatic carbocycles. The van der Waals surface area contributed by atoms with E-state index in [0.29, 0.717) is 27.5 Å². The molecule has 0 fully saturated rings. The van der Waals surface area contributed by atoms with Crippen molar-refractivity contribution in [2.45, 2.75) is 6.61 Å². The highest BCUT2D eigenvalue weighted by Gasteiger charge is 2.09. The Kier molecular flexibility index (Phi) is 6.65. The topological polar surface area (TPSA) is 113 Å². The molecular formula is C23H15ClN2O5. The van der Waals surface area contributed by atoms with Crippen LogP contribution in [0.1, 0.15) is 27.0 Å². The van der Waals surface area contributed by atoms with E-state index >= 15 is 0 Å². The van der Waals surface area contributed by atoms with Crippen LogP contribution in [-0.4, -0.2) is 16.0 Å². The Morgan fingerprint density at radius 1 is 1.10 bits per heavy atom. The van der Waals surface area contributed by atoms with Crippen LogP contribution in [0.3, 0.4) is 0 Å². The van der Waals surface area contributed by atoms with Crippen LogP contribution in [0.25, 0.3) is 11.6 Å². The van der Waals surface area contributed by atoms with E-state index in [9.17, 15) is 20.2 Å². The summed E-state index contributed by atoms with van der Waals surface area (Å²) in [5, 5.41) is 29.5. The first-order valence-corrected chi connectivity index (χ1v) is 9.36. The second-order valence-electron chi connectivity index (χ2n) is 6.45. The zero-order valence-electron chi connectivity index (χ0n) is 16.0. The van der Waals surface area contributed by atoms with Crippen molar-refractivity contribution in [3.63, 3.8) is 0 Å². The predicted octanol–water partition coefficient (Wildman–Crippen LogP) is 5.59. The fourth-order valence-electron chi connectivity index (χ4n) is 2.74. The number of ether oxygens (including phenoxy) is 1. The lowest BCUT2D eigenvalue weighted by atomic mass is 10.0. The molecule has 0 saturated heterocycles. The Labute approximate surface area is 182 Å². The summed E-state index contributed by atoms with van der Waals surface area (Å²) in [5.41, 5.74) is 2.47. The molecule has 0 saturated carbocycles. The number of hydrogen-bond acceptors (Lipinski definition) is 5. The molecule has 31 heavy (non-hydrogen) atoms. The van der Waals surface area contributed by atoms with E-state index in [1.54, 1.807) is 36.4 Å². The first-order valence-electron chi connectivity index (χ1n) is 8.98. The fourth-order valence-corrected chi connectivity index (χ4v) is 2.98. The lowest BCUT2D eigenvalue weighted by Gasteiger charge is -2.09. The van der Waals surface area contributed by atoms with Crippen molar-refractivity contribution in [3.05, 3.63) is 104 Å². The molecule has 0 atom stereocenters. The van der Waals surface area contributed by atoms with E-state index in [0.717, 1.165) is 5.56 Å². The Morgan fingerprint density at radius 2 is 1.74 bits per heavy atom. The summed E-state index contributed by atoms with van der Waals surface area (Å²) in [7, 11) is 0. The zero-order valence-corrected chi connectivity index (χ0v) is 16.7. The standard InChI is InChI=1S/C23H15ClN2O5/c24-21-12-16(11-19(13-25)17-6-8-20(9-7-17)26(29)30)3-10-22(21)31-14-15-1-4-18(5-2-15)23(27)28/h1-12H,14H2,(H,27,28)/b19-11+. The van der Waals surface area contributed by atoms with E-state index in [-0.39, 0.29) is 17.9 Å². The summed E-state index contributed by atoms with van der Waals surface area (Å²) >= 11 is 6.30. The van der Waals surface area contributed by atoms with Gasteiger partial charge in [0.15, 0.2) is 0 Å². The third kappa shape index (κ3) is 5.47. The Morgan fingerprint density at radius 3 is 2.29 bits per heavy atom. The van der Waals surface area contributed by atoms with Crippen LogP contribution in [0.4, 0.5) is 5.69 Å². The monoisotopic (exact) mass is 434 g/mol. The van der Waals surface area contributed by atoms with Crippen LogP contribution in [0, 0.1) is 21.4 Å². The first kappa shape index (κ1) is 21.6. The molecule has 8 heteroatoms. The molecular weight excluding hydrogens is 420 g/mol. The number of nitrogens with zero attached hydrogens (tertiary/aromatic N) is 2. The molecule has 0 heterocycles. The number of nitro groups is 1. The van der Waals surface area contributed by atoms with E-state index in [4.69, 9.17) is 21.4 Å². The van der Waals surface area contributed by atoms with Gasteiger partial charge < -0.3 is 9.84 Å². The highest BCUT2D eigenvalue weighted by Crippen LogP contribution is 2.28. The Bertz CT molecular complexity index is 1200. The first-order chi connectivity index (χ1) is 14.9. The zero-order chi connectivity index (χ0) is 22.4. The van der Waals surface area contributed by atoms with Crippen LogP contribution in [-0.2, 0) is 6.61 Å². The molecule has 0 aliphatic heterocycles. The van der Waals surface area contributed by atoms with Crippen molar-refractivity contribution in [1.29, 1.82) is 5.26 Å². The van der Waals surface area contributed by atoms with E-state index < -0.39 is 10.9 Å². The highest BCUT2D eigenvalue weighted by atomic mass is 35.5. The lowest BCUT2D eigenvalue weighted by Crippen LogP contribution is -1.99. The van der Waals surface area contributed by atoms with Crippen molar-refractivity contribution in [2.24, 2.45) is 0 Å². The largest absolute Gasteiger partial charge is 0.487 e. The molecule has 0 bridgehead atoms. The van der Waals surface area contributed by atoms with Crippen molar-refractivity contribution < 1.29 is 19.6 Å². The van der Waals surface area contributed by atoms with Gasteiger partial charge in [-0.2, -0.15) is 5.26 Å². The molecule has 0 unspecified atom stereocenters. The maximum atomic E-state index is 10.9. The van der Waals surface area contributed by atoms with Crippen molar-refractivity contribution in [1.82, 2.24) is 0 Å². The average Bonchev–Trinajstić information content (AvgIpc) is 2.77. The van der Waals surface area contributed by atoms with E-state index in [1.165, 1.54) is 36.4 Å². The maximum absolute atomic E-state index is 10.9. The van der Waals surface area contributed by atoms with Gasteiger partial charge in [-0.25, -0.2) is 4.79 Å². The smallest absolute Gasteiger partial charge is 0.335 e. The molecule has 3 aromatic rings. The van der Waals surface area contributed by atoms with Crippen LogP contribution >= 0.6 is 11.6 Å². The van der Waals surface area contributed by atoms with Gasteiger partial charge in [0.2, 0.25) is 0 Å². The van der Waals surface area contributed by atoms with Gasteiger partial charge in [-0.05, 0) is 59.2 Å². The Balaban J connectivity index is 1.73. The second-order valence-corrected chi connectivity index (χ2v) is 6.86. The van der Waals surface area contributed by atoms with Gasteiger partial charge in [0.25, 0.3) is 5.69 Å². The molecule has 0 radical (unpaired) electrons.